The van der Waals surface area contributed by atoms with Gasteiger partial charge in [0.25, 0.3) is 0 Å². The molecular weight excluding hydrogens is 276 g/mol. The molecule has 1 aliphatic rings. The van der Waals surface area contributed by atoms with E-state index in [-0.39, 0.29) is 17.8 Å². The van der Waals surface area contributed by atoms with Gasteiger partial charge in [-0.15, -0.1) is 0 Å². The van der Waals surface area contributed by atoms with Crippen LogP contribution >= 0.6 is 0 Å². The summed E-state index contributed by atoms with van der Waals surface area (Å²) in [6, 6.07) is 2.90. The van der Waals surface area contributed by atoms with Crippen LogP contribution in [0.3, 0.4) is 0 Å². The van der Waals surface area contributed by atoms with Crippen LogP contribution < -0.4 is 0 Å². The molecule has 1 fully saturated rings. The number of nitrogens with zero attached hydrogens (tertiary/aromatic N) is 2. The molecule has 1 aromatic heterocycles. The number of furan rings is 1. The maximum Gasteiger partial charge on any atom is 0.433 e. The lowest BCUT2D eigenvalue weighted by atomic mass is 9.78. The molecule has 0 bridgehead atoms. The number of carboxylic acids is 1. The molecule has 0 radical (unpaired) electrons. The van der Waals surface area contributed by atoms with Crippen LogP contribution in [0.15, 0.2) is 16.5 Å². The van der Waals surface area contributed by atoms with E-state index >= 15 is 0 Å². The fourth-order valence-electron chi connectivity index (χ4n) is 3.14. The lowest BCUT2D eigenvalue weighted by molar-refractivity contribution is -0.402. The molecule has 7 nitrogen and oxygen atoms in total. The van der Waals surface area contributed by atoms with Crippen molar-refractivity contribution >= 4 is 11.9 Å². The van der Waals surface area contributed by atoms with Crippen molar-refractivity contribution in [3.63, 3.8) is 0 Å². The number of carboxylic acid groups (broad SMARTS) is 1. The van der Waals surface area contributed by atoms with Crippen LogP contribution in [0.4, 0.5) is 5.88 Å². The van der Waals surface area contributed by atoms with Crippen LogP contribution in [0.5, 0.6) is 0 Å². The van der Waals surface area contributed by atoms with Gasteiger partial charge in [0.15, 0.2) is 0 Å². The summed E-state index contributed by atoms with van der Waals surface area (Å²) in [4.78, 5) is 23.2. The Bertz CT molecular complexity index is 519. The maximum atomic E-state index is 11.2. The Morgan fingerprint density at radius 3 is 2.62 bits per heavy atom. The predicted octanol–water partition coefficient (Wildman–Crippen LogP) is 2.80. The Morgan fingerprint density at radius 2 is 2.10 bits per heavy atom. The smallest absolute Gasteiger partial charge is 0.433 e. The third-order valence-corrected chi connectivity index (χ3v) is 4.29. The molecule has 116 valence electrons. The summed E-state index contributed by atoms with van der Waals surface area (Å²) in [7, 11) is 1.86. The van der Waals surface area contributed by atoms with Gasteiger partial charge in [-0.3, -0.25) is 19.8 Å². The second kappa shape index (κ2) is 6.26. The fraction of sp³-hybridized carbons (Fsp3) is 0.643. The van der Waals surface area contributed by atoms with Crippen LogP contribution in [0.25, 0.3) is 0 Å². The average molecular weight is 296 g/mol. The van der Waals surface area contributed by atoms with E-state index < -0.39 is 10.9 Å². The van der Waals surface area contributed by atoms with Gasteiger partial charge < -0.3 is 9.52 Å². The number of aliphatic carboxylic acids is 1. The van der Waals surface area contributed by atoms with Crippen molar-refractivity contribution in [2.45, 2.75) is 50.6 Å². The number of hydrogen-bond acceptors (Lipinski definition) is 5. The molecule has 0 aliphatic heterocycles. The highest BCUT2D eigenvalue weighted by Gasteiger charge is 2.38. The third-order valence-electron chi connectivity index (χ3n) is 4.29. The van der Waals surface area contributed by atoms with Gasteiger partial charge in [0, 0.05) is 5.54 Å². The molecule has 0 amide bonds. The van der Waals surface area contributed by atoms with Crippen LogP contribution in [-0.4, -0.2) is 33.5 Å². The summed E-state index contributed by atoms with van der Waals surface area (Å²) in [6.07, 6.45) is 4.90. The summed E-state index contributed by atoms with van der Waals surface area (Å²) in [6.45, 7) is 0.376. The van der Waals surface area contributed by atoms with E-state index in [9.17, 15) is 20.0 Å². The van der Waals surface area contributed by atoms with Gasteiger partial charge in [0.05, 0.1) is 19.0 Å². The number of hydrogen-bond donors (Lipinski definition) is 1. The molecule has 0 aromatic carbocycles. The molecule has 1 N–H and O–H groups in total. The normalized spacial score (nSPS) is 17.8. The Hall–Kier alpha value is -1.89. The van der Waals surface area contributed by atoms with Crippen LogP contribution in [0.1, 0.15) is 44.3 Å². The van der Waals surface area contributed by atoms with Crippen molar-refractivity contribution in [2.24, 2.45) is 0 Å². The molecule has 1 aliphatic carbocycles. The van der Waals surface area contributed by atoms with E-state index in [0.717, 1.165) is 32.1 Å². The van der Waals surface area contributed by atoms with E-state index in [1.165, 1.54) is 6.07 Å². The molecule has 21 heavy (non-hydrogen) atoms. The first-order chi connectivity index (χ1) is 9.93. The van der Waals surface area contributed by atoms with Crippen LogP contribution in [0, 0.1) is 10.1 Å². The molecular formula is C14H20N2O5. The van der Waals surface area contributed by atoms with E-state index in [1.807, 2.05) is 11.9 Å². The zero-order valence-electron chi connectivity index (χ0n) is 12.1. The molecule has 0 spiro atoms. The first kappa shape index (κ1) is 15.5. The van der Waals surface area contributed by atoms with Crippen molar-refractivity contribution in [2.75, 3.05) is 7.05 Å². The summed E-state index contributed by atoms with van der Waals surface area (Å²) >= 11 is 0. The minimum Gasteiger partial charge on any atom is -0.481 e. The molecule has 0 unspecified atom stereocenters. The number of nitro groups is 1. The van der Waals surface area contributed by atoms with Crippen molar-refractivity contribution in [3.8, 4) is 0 Å². The second-order valence-electron chi connectivity index (χ2n) is 5.71. The molecule has 0 atom stereocenters. The van der Waals surface area contributed by atoms with Gasteiger partial charge in [-0.25, -0.2) is 0 Å². The third kappa shape index (κ3) is 3.60. The Morgan fingerprint density at radius 1 is 1.43 bits per heavy atom. The summed E-state index contributed by atoms with van der Waals surface area (Å²) < 4.78 is 5.17. The van der Waals surface area contributed by atoms with Gasteiger partial charge >= 0.3 is 11.9 Å². The van der Waals surface area contributed by atoms with Crippen molar-refractivity contribution in [1.82, 2.24) is 4.90 Å². The lowest BCUT2D eigenvalue weighted by Crippen LogP contribution is -2.48. The standard InChI is InChI=1S/C14H20N2O5/c1-15(10-11-5-6-12(21-11)16(19)20)14(9-13(17)18)7-3-2-4-8-14/h5-6H,2-4,7-10H2,1H3,(H,17,18). The number of carbonyl (C=O) groups is 1. The number of rotatable bonds is 6. The van der Waals surface area contributed by atoms with Crippen LogP contribution in [0.2, 0.25) is 0 Å². The highest BCUT2D eigenvalue weighted by molar-refractivity contribution is 5.68. The predicted molar refractivity (Wildman–Crippen MR) is 74.9 cm³/mol. The summed E-state index contributed by atoms with van der Waals surface area (Å²) in [5, 5.41) is 19.8. The fourth-order valence-corrected chi connectivity index (χ4v) is 3.14. The van der Waals surface area contributed by atoms with Gasteiger partial charge in [-0.2, -0.15) is 0 Å². The first-order valence-corrected chi connectivity index (χ1v) is 7.09. The lowest BCUT2D eigenvalue weighted by Gasteiger charge is -2.43. The zero-order valence-corrected chi connectivity index (χ0v) is 12.1. The SMILES string of the molecule is CN(Cc1ccc([N+](=O)[O-])o1)C1(CC(=O)O)CCCCC1. The van der Waals surface area contributed by atoms with Gasteiger partial charge in [-0.05, 0) is 26.0 Å². The Labute approximate surface area is 122 Å². The molecule has 1 saturated carbocycles. The van der Waals surface area contributed by atoms with Crippen molar-refractivity contribution in [3.05, 3.63) is 28.0 Å². The Kier molecular flexibility index (Phi) is 4.62. The highest BCUT2D eigenvalue weighted by Crippen LogP contribution is 2.37. The molecule has 1 aromatic rings. The Balaban J connectivity index is 2.11. The zero-order chi connectivity index (χ0) is 15.5. The van der Waals surface area contributed by atoms with E-state index in [2.05, 4.69) is 0 Å². The van der Waals surface area contributed by atoms with Crippen LogP contribution in [-0.2, 0) is 11.3 Å². The average Bonchev–Trinajstić information content (AvgIpc) is 2.87. The van der Waals surface area contributed by atoms with Gasteiger partial charge in [0.2, 0.25) is 0 Å². The van der Waals surface area contributed by atoms with Gasteiger partial charge in [-0.1, -0.05) is 19.3 Å². The monoisotopic (exact) mass is 296 g/mol. The quantitative estimate of drug-likeness (QED) is 0.640. The largest absolute Gasteiger partial charge is 0.481 e. The molecule has 2 rings (SSSR count). The molecule has 7 heteroatoms. The van der Waals surface area contributed by atoms with Gasteiger partial charge in [0.1, 0.15) is 10.7 Å². The highest BCUT2D eigenvalue weighted by atomic mass is 16.6. The van der Waals surface area contributed by atoms with Crippen molar-refractivity contribution in [1.29, 1.82) is 0 Å². The summed E-state index contributed by atoms with van der Waals surface area (Å²) in [5.41, 5.74) is -0.383. The topological polar surface area (TPSA) is 96.8 Å². The van der Waals surface area contributed by atoms with E-state index in [4.69, 9.17) is 4.42 Å². The minimum absolute atomic E-state index is 0.0896. The minimum atomic E-state index is -0.811. The van der Waals surface area contributed by atoms with Crippen molar-refractivity contribution < 1.29 is 19.2 Å². The maximum absolute atomic E-state index is 11.2. The second-order valence-corrected chi connectivity index (χ2v) is 5.71. The van der Waals surface area contributed by atoms with E-state index in [0.29, 0.717) is 12.3 Å². The molecule has 0 saturated heterocycles. The molecule has 1 heterocycles. The first-order valence-electron chi connectivity index (χ1n) is 7.09. The summed E-state index contributed by atoms with van der Waals surface area (Å²) in [5.74, 6) is -0.608. The van der Waals surface area contributed by atoms with E-state index in [1.54, 1.807) is 6.07 Å².